The number of aryl methyl sites for hydroxylation is 1. The molecule has 0 aliphatic rings. The number of carbonyl (C=O) groups excluding carboxylic acids is 1. The van der Waals surface area contributed by atoms with E-state index < -0.39 is 15.1 Å². The third-order valence-corrected chi connectivity index (χ3v) is 8.44. The number of amides is 1. The van der Waals surface area contributed by atoms with E-state index in [0.717, 1.165) is 21.3 Å². The highest BCUT2D eigenvalue weighted by Crippen LogP contribution is 2.32. The molecule has 164 valence electrons. The number of hydrogen-bond donors (Lipinski definition) is 0. The maximum absolute atomic E-state index is 13.5. The van der Waals surface area contributed by atoms with Crippen molar-refractivity contribution in [3.8, 4) is 0 Å². The quantitative estimate of drug-likeness (QED) is 0.399. The lowest BCUT2D eigenvalue weighted by Gasteiger charge is -2.20. The number of thiazole rings is 1. The number of para-hydroxylation sites is 1. The maximum Gasteiger partial charge on any atom is 0.260 e. The summed E-state index contributed by atoms with van der Waals surface area (Å²) in [6, 6.07) is 15.8. The molecule has 0 unspecified atom stereocenters. The standard InChI is InChI=1S/C24H23N3O3S2/c1-16(2)32(29,30)20-9-7-19(8-10-20)23(28)27(15-18-11-13-25-14-12-18)24-26-22-17(3)5-4-6-21(22)31-24/h4-14,16H,15H2,1-3H3. The van der Waals surface area contributed by atoms with Crippen LogP contribution in [0.25, 0.3) is 10.2 Å². The first kappa shape index (κ1) is 22.1. The molecule has 0 fully saturated rings. The Hall–Kier alpha value is -3.10. The number of nitrogens with zero attached hydrogens (tertiary/aromatic N) is 3. The third-order valence-electron chi connectivity index (χ3n) is 5.23. The molecular formula is C24H23N3O3S2. The average molecular weight is 466 g/mol. The average Bonchev–Trinajstić information content (AvgIpc) is 3.23. The number of carbonyl (C=O) groups is 1. The molecule has 2 aromatic heterocycles. The van der Waals surface area contributed by atoms with Gasteiger partial charge in [0.2, 0.25) is 0 Å². The molecule has 0 spiro atoms. The zero-order valence-corrected chi connectivity index (χ0v) is 19.7. The van der Waals surface area contributed by atoms with Crippen LogP contribution >= 0.6 is 11.3 Å². The fourth-order valence-corrected chi connectivity index (χ4v) is 5.40. The minimum absolute atomic E-state index is 0.209. The second kappa shape index (κ2) is 8.80. The van der Waals surface area contributed by atoms with Crippen molar-refractivity contribution in [1.29, 1.82) is 0 Å². The molecule has 6 nitrogen and oxygen atoms in total. The highest BCUT2D eigenvalue weighted by Gasteiger charge is 2.24. The SMILES string of the molecule is Cc1cccc2sc(N(Cc3ccncc3)C(=O)c3ccc(S(=O)(=O)C(C)C)cc3)nc12. The number of rotatable bonds is 6. The molecule has 1 amide bonds. The maximum atomic E-state index is 13.5. The van der Waals surface area contributed by atoms with E-state index in [9.17, 15) is 13.2 Å². The van der Waals surface area contributed by atoms with Crippen LogP contribution in [0.2, 0.25) is 0 Å². The molecule has 2 aromatic carbocycles. The van der Waals surface area contributed by atoms with Gasteiger partial charge in [-0.25, -0.2) is 13.4 Å². The number of aromatic nitrogens is 2. The van der Waals surface area contributed by atoms with Crippen LogP contribution in [0, 0.1) is 6.92 Å². The van der Waals surface area contributed by atoms with E-state index in [2.05, 4.69) is 4.98 Å². The van der Waals surface area contributed by atoms with E-state index in [4.69, 9.17) is 4.98 Å². The number of benzene rings is 2. The molecule has 0 aliphatic heterocycles. The van der Waals surface area contributed by atoms with Crippen LogP contribution in [0.4, 0.5) is 5.13 Å². The van der Waals surface area contributed by atoms with Crippen LogP contribution in [0.15, 0.2) is 71.9 Å². The van der Waals surface area contributed by atoms with Gasteiger partial charge in [0.05, 0.1) is 26.9 Å². The molecule has 4 rings (SSSR count). The van der Waals surface area contributed by atoms with Crippen molar-refractivity contribution in [2.24, 2.45) is 0 Å². The van der Waals surface area contributed by atoms with Gasteiger partial charge in [-0.05, 0) is 74.4 Å². The molecule has 0 radical (unpaired) electrons. The van der Waals surface area contributed by atoms with Crippen molar-refractivity contribution in [2.45, 2.75) is 37.5 Å². The summed E-state index contributed by atoms with van der Waals surface area (Å²) in [7, 11) is -3.40. The largest absolute Gasteiger partial charge is 0.279 e. The Labute approximate surface area is 191 Å². The number of hydrogen-bond acceptors (Lipinski definition) is 6. The first-order valence-electron chi connectivity index (χ1n) is 10.2. The summed E-state index contributed by atoms with van der Waals surface area (Å²) in [5.74, 6) is -0.244. The Bertz CT molecular complexity index is 1360. The predicted molar refractivity (Wildman–Crippen MR) is 128 cm³/mol. The van der Waals surface area contributed by atoms with Crippen LogP contribution in [0.1, 0.15) is 35.3 Å². The van der Waals surface area contributed by atoms with Gasteiger partial charge in [-0.15, -0.1) is 0 Å². The lowest BCUT2D eigenvalue weighted by atomic mass is 10.2. The predicted octanol–water partition coefficient (Wildman–Crippen LogP) is 5.03. The van der Waals surface area contributed by atoms with Crippen LogP contribution < -0.4 is 4.90 Å². The molecule has 32 heavy (non-hydrogen) atoms. The fourth-order valence-electron chi connectivity index (χ4n) is 3.30. The third kappa shape index (κ3) is 4.28. The second-order valence-electron chi connectivity index (χ2n) is 7.78. The molecule has 0 N–H and O–H groups in total. The van der Waals surface area contributed by atoms with Gasteiger partial charge in [0.15, 0.2) is 15.0 Å². The zero-order chi connectivity index (χ0) is 22.9. The second-order valence-corrected chi connectivity index (χ2v) is 11.3. The van der Waals surface area contributed by atoms with E-state index in [0.29, 0.717) is 17.2 Å². The summed E-state index contributed by atoms with van der Waals surface area (Å²) < 4.78 is 25.9. The minimum atomic E-state index is -3.40. The topological polar surface area (TPSA) is 80.2 Å². The van der Waals surface area contributed by atoms with Gasteiger partial charge in [-0.2, -0.15) is 0 Å². The van der Waals surface area contributed by atoms with Crippen LogP contribution in [0.5, 0.6) is 0 Å². The van der Waals surface area contributed by atoms with Gasteiger partial charge in [0.25, 0.3) is 5.91 Å². The summed E-state index contributed by atoms with van der Waals surface area (Å²) in [6.07, 6.45) is 3.37. The van der Waals surface area contributed by atoms with E-state index in [1.54, 1.807) is 43.3 Å². The van der Waals surface area contributed by atoms with E-state index in [-0.39, 0.29) is 10.8 Å². The van der Waals surface area contributed by atoms with Crippen molar-refractivity contribution in [1.82, 2.24) is 9.97 Å². The van der Waals surface area contributed by atoms with Crippen LogP contribution in [0.3, 0.4) is 0 Å². The molecule has 0 saturated heterocycles. The lowest BCUT2D eigenvalue weighted by Crippen LogP contribution is -2.30. The summed E-state index contributed by atoms with van der Waals surface area (Å²) in [4.78, 5) is 24.2. The molecular weight excluding hydrogens is 442 g/mol. The number of sulfone groups is 1. The van der Waals surface area contributed by atoms with Gasteiger partial charge in [0, 0.05) is 18.0 Å². The Balaban J connectivity index is 1.74. The van der Waals surface area contributed by atoms with Crippen molar-refractivity contribution in [3.05, 3.63) is 83.7 Å². The summed E-state index contributed by atoms with van der Waals surface area (Å²) >= 11 is 1.46. The van der Waals surface area contributed by atoms with Crippen molar-refractivity contribution >= 4 is 42.4 Å². The first-order chi connectivity index (χ1) is 15.3. The lowest BCUT2D eigenvalue weighted by molar-refractivity contribution is 0.0985. The molecule has 0 saturated carbocycles. The number of fused-ring (bicyclic) bond motifs is 1. The zero-order valence-electron chi connectivity index (χ0n) is 18.0. The van der Waals surface area contributed by atoms with Gasteiger partial charge >= 0.3 is 0 Å². The van der Waals surface area contributed by atoms with Gasteiger partial charge in [-0.3, -0.25) is 14.7 Å². The summed E-state index contributed by atoms with van der Waals surface area (Å²) in [5, 5.41) is 0.0632. The normalized spacial score (nSPS) is 11.8. The molecule has 0 atom stereocenters. The summed E-state index contributed by atoms with van der Waals surface area (Å²) in [5.41, 5.74) is 3.24. The highest BCUT2D eigenvalue weighted by atomic mass is 32.2. The van der Waals surface area contributed by atoms with E-state index >= 15 is 0 Å². The van der Waals surface area contributed by atoms with Crippen LogP contribution in [-0.4, -0.2) is 29.5 Å². The minimum Gasteiger partial charge on any atom is -0.279 e. The van der Waals surface area contributed by atoms with Crippen molar-refractivity contribution < 1.29 is 13.2 Å². The molecule has 0 bridgehead atoms. The smallest absolute Gasteiger partial charge is 0.260 e. The summed E-state index contributed by atoms with van der Waals surface area (Å²) in [6.45, 7) is 5.60. The van der Waals surface area contributed by atoms with Crippen molar-refractivity contribution in [2.75, 3.05) is 4.90 Å². The number of pyridine rings is 1. The highest BCUT2D eigenvalue weighted by molar-refractivity contribution is 7.92. The molecule has 2 heterocycles. The Morgan fingerprint density at radius 3 is 2.34 bits per heavy atom. The van der Waals surface area contributed by atoms with E-state index in [1.165, 1.54) is 23.5 Å². The van der Waals surface area contributed by atoms with E-state index in [1.807, 2.05) is 37.3 Å². The Morgan fingerprint density at radius 1 is 1.03 bits per heavy atom. The fraction of sp³-hybridized carbons (Fsp3) is 0.208. The number of anilines is 1. The Morgan fingerprint density at radius 2 is 1.72 bits per heavy atom. The first-order valence-corrected chi connectivity index (χ1v) is 12.5. The van der Waals surface area contributed by atoms with Crippen LogP contribution in [-0.2, 0) is 16.4 Å². The monoisotopic (exact) mass is 465 g/mol. The van der Waals surface area contributed by atoms with Gasteiger partial charge in [0.1, 0.15) is 0 Å². The van der Waals surface area contributed by atoms with Gasteiger partial charge < -0.3 is 0 Å². The molecule has 8 heteroatoms. The molecule has 4 aromatic rings. The van der Waals surface area contributed by atoms with Gasteiger partial charge in [-0.1, -0.05) is 23.5 Å². The Kier molecular flexibility index (Phi) is 6.08. The molecule has 0 aliphatic carbocycles. The van der Waals surface area contributed by atoms with Crippen molar-refractivity contribution in [3.63, 3.8) is 0 Å².